The van der Waals surface area contributed by atoms with Crippen LogP contribution in [0.4, 0.5) is 0 Å². The normalized spacial score (nSPS) is 18.4. The number of carbonyl (C=O) groups is 1. The predicted molar refractivity (Wildman–Crippen MR) is 85.8 cm³/mol. The molecule has 0 bridgehead atoms. The highest BCUT2D eigenvalue weighted by Crippen LogP contribution is 2.27. The van der Waals surface area contributed by atoms with Crippen molar-refractivity contribution in [3.63, 3.8) is 0 Å². The molecule has 1 fully saturated rings. The number of amides is 1. The average Bonchev–Trinajstić information content (AvgIpc) is 2.41. The van der Waals surface area contributed by atoms with Gasteiger partial charge < -0.3 is 4.90 Å². The molecule has 1 amide bonds. The number of nitrogens with zero attached hydrogens (tertiary/aromatic N) is 1. The van der Waals surface area contributed by atoms with Crippen LogP contribution in [0.2, 0.25) is 0 Å². The zero-order valence-corrected chi connectivity index (χ0v) is 14.6. The van der Waals surface area contributed by atoms with Crippen molar-refractivity contribution in [2.45, 2.75) is 25.1 Å². The molecule has 2 nitrogen and oxygen atoms in total. The smallest absolute Gasteiger partial charge is 0.255 e. The van der Waals surface area contributed by atoms with Crippen LogP contribution < -0.4 is 0 Å². The molecule has 1 atom stereocenters. The van der Waals surface area contributed by atoms with Crippen LogP contribution in [0.25, 0.3) is 0 Å². The van der Waals surface area contributed by atoms with Gasteiger partial charge in [0.15, 0.2) is 0 Å². The Hall–Kier alpha value is -0.0600. The summed E-state index contributed by atoms with van der Waals surface area (Å²) in [6, 6.07) is 5.68. The van der Waals surface area contributed by atoms with Crippen LogP contribution in [0.15, 0.2) is 27.1 Å². The first-order chi connectivity index (χ1) is 8.99. The van der Waals surface area contributed by atoms with E-state index < -0.39 is 0 Å². The lowest BCUT2D eigenvalue weighted by Crippen LogP contribution is -2.40. The number of benzene rings is 1. The van der Waals surface area contributed by atoms with Gasteiger partial charge in [0.1, 0.15) is 0 Å². The van der Waals surface area contributed by atoms with Crippen LogP contribution >= 0.6 is 43.5 Å². The minimum absolute atomic E-state index is 0.0915. The van der Waals surface area contributed by atoms with Gasteiger partial charge in [-0.05, 0) is 59.8 Å². The second-order valence-electron chi connectivity index (χ2n) is 4.93. The van der Waals surface area contributed by atoms with Gasteiger partial charge in [-0.2, -0.15) is 0 Å². The Bertz CT molecular complexity index is 471. The van der Waals surface area contributed by atoms with Crippen molar-refractivity contribution in [3.8, 4) is 0 Å². The first-order valence-electron chi connectivity index (χ1n) is 6.37. The molecule has 1 aliphatic rings. The van der Waals surface area contributed by atoms with Crippen molar-refractivity contribution in [1.29, 1.82) is 0 Å². The van der Waals surface area contributed by atoms with Crippen LogP contribution in [0, 0.1) is 5.92 Å². The fourth-order valence-corrected chi connectivity index (χ4v) is 3.42. The van der Waals surface area contributed by atoms with E-state index in [-0.39, 0.29) is 11.3 Å². The number of alkyl halides is 1. The van der Waals surface area contributed by atoms with Gasteiger partial charge in [0.05, 0.1) is 5.56 Å². The third kappa shape index (κ3) is 3.73. The summed E-state index contributed by atoms with van der Waals surface area (Å²) in [4.78, 5) is 14.4. The quantitative estimate of drug-likeness (QED) is 0.649. The van der Waals surface area contributed by atoms with Crippen molar-refractivity contribution in [2.24, 2.45) is 5.92 Å². The van der Waals surface area contributed by atoms with Crippen molar-refractivity contribution in [1.82, 2.24) is 4.90 Å². The standard InChI is InChI=1S/C14H16Br2ClNO/c1-9(17)10-4-6-18(7-5-10)14(19)12-8-11(15)2-3-13(12)16/h2-3,8-10H,4-7H2,1H3. The van der Waals surface area contributed by atoms with Crippen molar-refractivity contribution >= 4 is 49.4 Å². The predicted octanol–water partition coefficient (Wildman–Crippen LogP) is 4.69. The zero-order chi connectivity index (χ0) is 14.0. The second-order valence-corrected chi connectivity index (χ2v) is 7.39. The van der Waals surface area contributed by atoms with Gasteiger partial charge in [-0.25, -0.2) is 0 Å². The van der Waals surface area contributed by atoms with Crippen LogP contribution in [0.1, 0.15) is 30.1 Å². The maximum atomic E-state index is 12.5. The molecule has 0 aromatic heterocycles. The lowest BCUT2D eigenvalue weighted by atomic mass is 9.93. The molecule has 0 aliphatic carbocycles. The highest BCUT2D eigenvalue weighted by molar-refractivity contribution is 9.11. The van der Waals surface area contributed by atoms with E-state index in [0.717, 1.165) is 34.9 Å². The summed E-state index contributed by atoms with van der Waals surface area (Å²) in [6.45, 7) is 3.62. The number of rotatable bonds is 2. The molecule has 5 heteroatoms. The lowest BCUT2D eigenvalue weighted by Gasteiger charge is -2.33. The SMILES string of the molecule is CC(Cl)C1CCN(C(=O)c2cc(Br)ccc2Br)CC1. The summed E-state index contributed by atoms with van der Waals surface area (Å²) in [5, 5.41) is 0.190. The molecule has 0 spiro atoms. The number of halogens is 3. The summed E-state index contributed by atoms with van der Waals surface area (Å²) in [5.41, 5.74) is 0.715. The number of hydrogen-bond donors (Lipinski definition) is 0. The maximum absolute atomic E-state index is 12.5. The minimum Gasteiger partial charge on any atom is -0.339 e. The van der Waals surface area contributed by atoms with E-state index in [1.54, 1.807) is 0 Å². The summed E-state index contributed by atoms with van der Waals surface area (Å²) < 4.78 is 1.76. The minimum atomic E-state index is 0.0915. The fraction of sp³-hybridized carbons (Fsp3) is 0.500. The zero-order valence-electron chi connectivity index (χ0n) is 10.7. The Labute approximate surface area is 135 Å². The highest BCUT2D eigenvalue weighted by Gasteiger charge is 2.26. The van der Waals surface area contributed by atoms with Crippen LogP contribution in [-0.2, 0) is 0 Å². The summed E-state index contributed by atoms with van der Waals surface area (Å²) >= 11 is 13.0. The Morgan fingerprint density at radius 2 is 2.00 bits per heavy atom. The summed E-state index contributed by atoms with van der Waals surface area (Å²) in [6.07, 6.45) is 1.98. The van der Waals surface area contributed by atoms with Crippen molar-refractivity contribution in [2.75, 3.05) is 13.1 Å². The van der Waals surface area contributed by atoms with E-state index in [2.05, 4.69) is 31.9 Å². The van der Waals surface area contributed by atoms with Gasteiger partial charge >= 0.3 is 0 Å². The first-order valence-corrected chi connectivity index (χ1v) is 8.39. The molecule has 1 heterocycles. The van der Waals surface area contributed by atoms with Crippen LogP contribution in [0.3, 0.4) is 0 Å². The Morgan fingerprint density at radius 1 is 1.37 bits per heavy atom. The van der Waals surface area contributed by atoms with E-state index in [9.17, 15) is 4.79 Å². The summed E-state index contributed by atoms with van der Waals surface area (Å²) in [7, 11) is 0. The molecular formula is C14H16Br2ClNO. The molecule has 1 unspecified atom stereocenters. The van der Waals surface area contributed by atoms with Gasteiger partial charge in [0.2, 0.25) is 0 Å². The molecule has 1 aliphatic heterocycles. The Balaban J connectivity index is 2.07. The van der Waals surface area contributed by atoms with Gasteiger partial charge in [-0.1, -0.05) is 15.9 Å². The van der Waals surface area contributed by atoms with E-state index in [1.165, 1.54) is 0 Å². The van der Waals surface area contributed by atoms with Gasteiger partial charge in [-0.15, -0.1) is 11.6 Å². The third-order valence-electron chi connectivity index (χ3n) is 3.64. The number of carbonyl (C=O) groups excluding carboxylic acids is 1. The number of hydrogen-bond acceptors (Lipinski definition) is 1. The lowest BCUT2D eigenvalue weighted by molar-refractivity contribution is 0.0689. The molecule has 0 radical (unpaired) electrons. The molecule has 1 saturated heterocycles. The molecule has 0 N–H and O–H groups in total. The van der Waals surface area contributed by atoms with E-state index in [0.29, 0.717) is 11.5 Å². The van der Waals surface area contributed by atoms with E-state index in [1.807, 2.05) is 30.0 Å². The molecule has 1 aromatic carbocycles. The molecular weight excluding hydrogens is 393 g/mol. The second kappa shape index (κ2) is 6.59. The molecule has 2 rings (SSSR count). The average molecular weight is 410 g/mol. The molecule has 1 aromatic rings. The largest absolute Gasteiger partial charge is 0.339 e. The van der Waals surface area contributed by atoms with Gasteiger partial charge in [0.25, 0.3) is 5.91 Å². The molecule has 0 saturated carbocycles. The summed E-state index contributed by atoms with van der Waals surface area (Å²) in [5.74, 6) is 0.616. The van der Waals surface area contributed by atoms with Gasteiger partial charge in [-0.3, -0.25) is 4.79 Å². The van der Waals surface area contributed by atoms with E-state index in [4.69, 9.17) is 11.6 Å². The number of likely N-dealkylation sites (tertiary alicyclic amines) is 1. The topological polar surface area (TPSA) is 20.3 Å². The van der Waals surface area contributed by atoms with Gasteiger partial charge in [0, 0.05) is 27.4 Å². The monoisotopic (exact) mass is 407 g/mol. The Morgan fingerprint density at radius 3 is 2.58 bits per heavy atom. The molecule has 104 valence electrons. The Kier molecular flexibility index (Phi) is 5.32. The maximum Gasteiger partial charge on any atom is 0.255 e. The van der Waals surface area contributed by atoms with Crippen molar-refractivity contribution in [3.05, 3.63) is 32.7 Å². The first kappa shape index (κ1) is 15.3. The fourth-order valence-electron chi connectivity index (χ4n) is 2.39. The van der Waals surface area contributed by atoms with Crippen molar-refractivity contribution < 1.29 is 4.79 Å². The van der Waals surface area contributed by atoms with Crippen LogP contribution in [-0.4, -0.2) is 29.3 Å². The molecule has 19 heavy (non-hydrogen) atoms. The number of piperidine rings is 1. The highest BCUT2D eigenvalue weighted by atomic mass is 79.9. The van der Waals surface area contributed by atoms with Crippen LogP contribution in [0.5, 0.6) is 0 Å². The van der Waals surface area contributed by atoms with E-state index >= 15 is 0 Å². The third-order valence-corrected chi connectivity index (χ3v) is 5.18.